The van der Waals surface area contributed by atoms with Gasteiger partial charge in [-0.25, -0.2) is 0 Å². The molecule has 0 N–H and O–H groups in total. The number of aryl methyl sites for hydroxylation is 2. The number of aromatic nitrogens is 4. The van der Waals surface area contributed by atoms with Gasteiger partial charge in [0.1, 0.15) is 5.54 Å². The van der Waals surface area contributed by atoms with Crippen molar-refractivity contribution in [2.45, 2.75) is 56.6 Å². The smallest absolute Gasteiger partial charge is 0.234 e. The van der Waals surface area contributed by atoms with Crippen LogP contribution in [0.3, 0.4) is 0 Å². The summed E-state index contributed by atoms with van der Waals surface area (Å²) in [5.41, 5.74) is 2.47. The van der Waals surface area contributed by atoms with Gasteiger partial charge in [-0.1, -0.05) is 48.7 Å². The van der Waals surface area contributed by atoms with E-state index in [-0.39, 0.29) is 11.7 Å². The molecule has 1 aromatic heterocycles. The summed E-state index contributed by atoms with van der Waals surface area (Å²) in [6.45, 7) is 4.05. The van der Waals surface area contributed by atoms with Crippen molar-refractivity contribution in [3.63, 3.8) is 0 Å². The van der Waals surface area contributed by atoms with Gasteiger partial charge in [0.25, 0.3) is 0 Å². The van der Waals surface area contributed by atoms with Crippen LogP contribution >= 0.6 is 11.8 Å². The summed E-state index contributed by atoms with van der Waals surface area (Å²) in [5.74, 6) is 0.129. The second-order valence-corrected chi connectivity index (χ2v) is 8.05. The number of hydrogen-bond donors (Lipinski definition) is 0. The molecule has 1 aromatic carbocycles. The zero-order valence-electron chi connectivity index (χ0n) is 16.0. The van der Waals surface area contributed by atoms with Gasteiger partial charge < -0.3 is 4.90 Å². The third-order valence-electron chi connectivity index (χ3n) is 5.25. The highest BCUT2D eigenvalue weighted by molar-refractivity contribution is 7.99. The molecule has 7 nitrogen and oxygen atoms in total. The minimum Gasteiger partial charge on any atom is -0.326 e. The predicted molar refractivity (Wildman–Crippen MR) is 104 cm³/mol. The van der Waals surface area contributed by atoms with Crippen molar-refractivity contribution in [3.8, 4) is 11.8 Å². The van der Waals surface area contributed by atoms with E-state index in [1.165, 1.54) is 17.3 Å². The minimum absolute atomic E-state index is 0.0707. The number of nitrogens with zero attached hydrogens (tertiary/aromatic N) is 6. The number of thioether (sulfide) groups is 1. The average Bonchev–Trinajstić information content (AvgIpc) is 3.14. The van der Waals surface area contributed by atoms with Gasteiger partial charge in [0.05, 0.1) is 17.5 Å². The molecule has 8 heteroatoms. The van der Waals surface area contributed by atoms with Crippen LogP contribution in [0.1, 0.15) is 43.2 Å². The molecule has 0 spiro atoms. The van der Waals surface area contributed by atoms with Crippen LogP contribution in [0.25, 0.3) is 5.69 Å². The summed E-state index contributed by atoms with van der Waals surface area (Å²) in [5, 5.41) is 22.2. The quantitative estimate of drug-likeness (QED) is 0.736. The molecule has 0 aliphatic heterocycles. The van der Waals surface area contributed by atoms with Gasteiger partial charge in [-0.3, -0.25) is 4.79 Å². The van der Waals surface area contributed by atoms with Crippen molar-refractivity contribution < 1.29 is 4.79 Å². The monoisotopic (exact) mass is 384 g/mol. The van der Waals surface area contributed by atoms with E-state index in [1.807, 2.05) is 26.0 Å². The Morgan fingerprint density at radius 3 is 2.74 bits per heavy atom. The number of benzene rings is 1. The van der Waals surface area contributed by atoms with Gasteiger partial charge in [-0.2, -0.15) is 9.94 Å². The van der Waals surface area contributed by atoms with Crippen LogP contribution in [0.2, 0.25) is 0 Å². The number of tetrazole rings is 1. The second kappa shape index (κ2) is 8.09. The summed E-state index contributed by atoms with van der Waals surface area (Å²) in [4.78, 5) is 14.4. The fraction of sp³-hybridized carbons (Fsp3) is 0.526. The summed E-state index contributed by atoms with van der Waals surface area (Å²) in [6.07, 6.45) is 4.60. The van der Waals surface area contributed by atoms with Crippen molar-refractivity contribution >= 4 is 17.7 Å². The average molecular weight is 385 g/mol. The maximum Gasteiger partial charge on any atom is 0.234 e. The first kappa shape index (κ1) is 19.4. The molecule has 27 heavy (non-hydrogen) atoms. The fourth-order valence-corrected chi connectivity index (χ4v) is 4.38. The maximum atomic E-state index is 12.7. The number of amides is 1. The normalized spacial score (nSPS) is 15.9. The first-order valence-electron chi connectivity index (χ1n) is 9.13. The van der Waals surface area contributed by atoms with Crippen molar-refractivity contribution in [2.75, 3.05) is 12.8 Å². The third kappa shape index (κ3) is 3.98. The first-order valence-corrected chi connectivity index (χ1v) is 10.1. The molecule has 1 amide bonds. The molecule has 1 aliphatic carbocycles. The first-order chi connectivity index (χ1) is 13.0. The number of rotatable bonds is 5. The number of nitriles is 1. The zero-order valence-corrected chi connectivity index (χ0v) is 16.8. The van der Waals surface area contributed by atoms with Crippen LogP contribution in [0.4, 0.5) is 0 Å². The Bertz CT molecular complexity index is 865. The van der Waals surface area contributed by atoms with Gasteiger partial charge in [0.15, 0.2) is 0 Å². The summed E-state index contributed by atoms with van der Waals surface area (Å²) in [6, 6.07) is 8.45. The molecule has 3 rings (SSSR count). The Labute approximate surface area is 163 Å². The van der Waals surface area contributed by atoms with Crippen LogP contribution in [0, 0.1) is 25.2 Å². The van der Waals surface area contributed by atoms with E-state index >= 15 is 0 Å². The Balaban J connectivity index is 1.71. The summed E-state index contributed by atoms with van der Waals surface area (Å²) >= 11 is 1.30. The lowest BCUT2D eigenvalue weighted by Crippen LogP contribution is -2.50. The number of carbonyl (C=O) groups is 1. The highest BCUT2D eigenvalue weighted by Gasteiger charge is 2.38. The predicted octanol–water partition coefficient (Wildman–Crippen LogP) is 3.06. The van der Waals surface area contributed by atoms with E-state index in [1.54, 1.807) is 16.6 Å². The van der Waals surface area contributed by atoms with E-state index in [0.717, 1.165) is 43.4 Å². The van der Waals surface area contributed by atoms with E-state index in [4.69, 9.17) is 0 Å². The van der Waals surface area contributed by atoms with E-state index in [0.29, 0.717) is 5.16 Å². The number of hydrogen-bond acceptors (Lipinski definition) is 6. The van der Waals surface area contributed by atoms with E-state index in [2.05, 4.69) is 27.7 Å². The molecular formula is C19H24N6OS. The molecule has 0 atom stereocenters. The Hall–Kier alpha value is -2.40. The molecule has 1 saturated carbocycles. The van der Waals surface area contributed by atoms with Gasteiger partial charge in [-0.15, -0.1) is 5.10 Å². The highest BCUT2D eigenvalue weighted by Crippen LogP contribution is 2.33. The van der Waals surface area contributed by atoms with E-state index < -0.39 is 5.54 Å². The SMILES string of the molecule is Cc1ccc(-n2nnnc2SCC(=O)N(C)C2(C#N)CCCCC2)c(C)c1. The van der Waals surface area contributed by atoms with Crippen molar-refractivity contribution in [1.82, 2.24) is 25.1 Å². The van der Waals surface area contributed by atoms with Gasteiger partial charge in [-0.05, 0) is 48.7 Å². The lowest BCUT2D eigenvalue weighted by atomic mass is 9.81. The molecule has 142 valence electrons. The van der Waals surface area contributed by atoms with Gasteiger partial charge in [0.2, 0.25) is 11.1 Å². The molecular weight excluding hydrogens is 360 g/mol. The minimum atomic E-state index is -0.671. The molecule has 1 heterocycles. The van der Waals surface area contributed by atoms with Crippen LogP contribution in [0.5, 0.6) is 0 Å². The zero-order chi connectivity index (χ0) is 19.4. The number of carbonyl (C=O) groups excluding carboxylic acids is 1. The van der Waals surface area contributed by atoms with Crippen LogP contribution < -0.4 is 0 Å². The van der Waals surface area contributed by atoms with Crippen LogP contribution in [-0.2, 0) is 4.79 Å². The second-order valence-electron chi connectivity index (χ2n) is 7.11. The Kier molecular flexibility index (Phi) is 5.80. The summed E-state index contributed by atoms with van der Waals surface area (Å²) < 4.78 is 1.66. The molecule has 1 aliphatic rings. The standard InChI is InChI=1S/C19H24N6OS/c1-14-7-8-16(15(2)11-14)25-18(21-22-23-25)27-12-17(26)24(3)19(13-20)9-5-4-6-10-19/h7-8,11H,4-6,9-10,12H2,1-3H3. The molecule has 1 fully saturated rings. The molecule has 0 bridgehead atoms. The molecule has 0 radical (unpaired) electrons. The van der Waals surface area contributed by atoms with Crippen molar-refractivity contribution in [1.29, 1.82) is 5.26 Å². The summed E-state index contributed by atoms with van der Waals surface area (Å²) in [7, 11) is 1.74. The molecule has 0 saturated heterocycles. The highest BCUT2D eigenvalue weighted by atomic mass is 32.2. The van der Waals surface area contributed by atoms with Gasteiger partial charge >= 0.3 is 0 Å². The fourth-order valence-electron chi connectivity index (χ4n) is 3.58. The Morgan fingerprint density at radius 1 is 1.33 bits per heavy atom. The lowest BCUT2D eigenvalue weighted by Gasteiger charge is -2.39. The Morgan fingerprint density at radius 2 is 2.07 bits per heavy atom. The van der Waals surface area contributed by atoms with Crippen molar-refractivity contribution in [2.24, 2.45) is 0 Å². The van der Waals surface area contributed by atoms with Crippen LogP contribution in [-0.4, -0.2) is 49.4 Å². The van der Waals surface area contributed by atoms with Gasteiger partial charge in [0, 0.05) is 7.05 Å². The largest absolute Gasteiger partial charge is 0.326 e. The third-order valence-corrected chi connectivity index (χ3v) is 6.16. The van der Waals surface area contributed by atoms with E-state index in [9.17, 15) is 10.1 Å². The van der Waals surface area contributed by atoms with Crippen LogP contribution in [0.15, 0.2) is 23.4 Å². The molecule has 2 aromatic rings. The molecule has 0 unspecified atom stereocenters. The lowest BCUT2D eigenvalue weighted by molar-refractivity contribution is -0.131. The maximum absolute atomic E-state index is 12.7. The topological polar surface area (TPSA) is 87.7 Å². The van der Waals surface area contributed by atoms with Crippen molar-refractivity contribution in [3.05, 3.63) is 29.3 Å².